The molecule has 1 aromatic carbocycles. The highest BCUT2D eigenvalue weighted by Crippen LogP contribution is 2.47. The van der Waals surface area contributed by atoms with Crippen molar-refractivity contribution in [2.45, 2.75) is 31.1 Å². The van der Waals surface area contributed by atoms with E-state index in [1.807, 2.05) is 6.07 Å². The number of rotatable bonds is 5. The molecule has 0 bridgehead atoms. The fraction of sp³-hybridized carbons (Fsp3) is 0.571. The summed E-state index contributed by atoms with van der Waals surface area (Å²) in [6.07, 6.45) is 4.83. The van der Waals surface area contributed by atoms with Crippen LogP contribution in [0.15, 0.2) is 18.2 Å². The minimum atomic E-state index is 0. The van der Waals surface area contributed by atoms with E-state index in [0.29, 0.717) is 0 Å². The Labute approximate surface area is 115 Å². The molecule has 0 aliphatic heterocycles. The van der Waals surface area contributed by atoms with E-state index in [1.165, 1.54) is 24.8 Å². The molecule has 0 heterocycles. The van der Waals surface area contributed by atoms with Gasteiger partial charge in [-0.25, -0.2) is 0 Å². The number of ether oxygens (including phenoxy) is 2. The minimum Gasteiger partial charge on any atom is -0.493 e. The van der Waals surface area contributed by atoms with E-state index in [9.17, 15) is 0 Å². The molecule has 1 aliphatic rings. The van der Waals surface area contributed by atoms with Crippen LogP contribution < -0.4 is 15.2 Å². The predicted molar refractivity (Wildman–Crippen MR) is 76.0 cm³/mol. The van der Waals surface area contributed by atoms with Crippen molar-refractivity contribution in [3.63, 3.8) is 0 Å². The molecule has 0 atom stereocenters. The van der Waals surface area contributed by atoms with Gasteiger partial charge in [0.15, 0.2) is 11.5 Å². The van der Waals surface area contributed by atoms with E-state index in [0.717, 1.165) is 24.5 Å². The topological polar surface area (TPSA) is 44.5 Å². The Balaban J connectivity index is 0.00000162. The van der Waals surface area contributed by atoms with E-state index in [2.05, 4.69) is 12.1 Å². The molecule has 0 radical (unpaired) electrons. The third-order valence-corrected chi connectivity index (χ3v) is 3.93. The molecular weight excluding hydrogens is 250 g/mol. The molecule has 0 amide bonds. The van der Waals surface area contributed by atoms with Gasteiger partial charge in [-0.3, -0.25) is 0 Å². The number of benzene rings is 1. The van der Waals surface area contributed by atoms with Crippen LogP contribution in [0.3, 0.4) is 0 Å². The maximum atomic E-state index is 5.73. The molecule has 4 heteroatoms. The van der Waals surface area contributed by atoms with Gasteiger partial charge in [0.1, 0.15) is 0 Å². The molecule has 1 saturated carbocycles. The summed E-state index contributed by atoms with van der Waals surface area (Å²) in [5, 5.41) is 0. The van der Waals surface area contributed by atoms with Gasteiger partial charge in [-0.05, 0) is 48.9 Å². The van der Waals surface area contributed by atoms with Gasteiger partial charge in [0, 0.05) is 0 Å². The first kappa shape index (κ1) is 15.1. The van der Waals surface area contributed by atoms with Crippen LogP contribution in [0.1, 0.15) is 31.2 Å². The van der Waals surface area contributed by atoms with Gasteiger partial charge in [-0.1, -0.05) is 12.5 Å². The zero-order valence-corrected chi connectivity index (χ0v) is 11.9. The van der Waals surface area contributed by atoms with Crippen molar-refractivity contribution < 1.29 is 9.47 Å². The van der Waals surface area contributed by atoms with Crippen molar-refractivity contribution in [3.8, 4) is 11.5 Å². The molecule has 1 aromatic rings. The van der Waals surface area contributed by atoms with Crippen molar-refractivity contribution >= 4 is 12.4 Å². The highest BCUT2D eigenvalue weighted by atomic mass is 35.5. The molecule has 0 saturated heterocycles. The Hall–Kier alpha value is -0.930. The standard InChI is InChI=1S/C14H21NO2.ClH/c1-16-12-5-4-11(10-13(12)17-2)14(8-9-15)6-3-7-14;/h4-5,10H,3,6-9,15H2,1-2H3;1H. The van der Waals surface area contributed by atoms with Crippen LogP contribution in [0.25, 0.3) is 0 Å². The summed E-state index contributed by atoms with van der Waals surface area (Å²) in [4.78, 5) is 0. The molecule has 0 aromatic heterocycles. The van der Waals surface area contributed by atoms with Crippen LogP contribution >= 0.6 is 12.4 Å². The number of hydrogen-bond acceptors (Lipinski definition) is 3. The molecule has 3 nitrogen and oxygen atoms in total. The fourth-order valence-corrected chi connectivity index (χ4v) is 2.73. The average Bonchev–Trinajstić information content (AvgIpc) is 2.33. The first-order valence-electron chi connectivity index (χ1n) is 6.18. The second-order valence-corrected chi connectivity index (χ2v) is 4.74. The van der Waals surface area contributed by atoms with Gasteiger partial charge in [-0.15, -0.1) is 12.4 Å². The van der Waals surface area contributed by atoms with E-state index in [-0.39, 0.29) is 17.8 Å². The Morgan fingerprint density at radius 3 is 2.28 bits per heavy atom. The normalized spacial score (nSPS) is 16.4. The summed E-state index contributed by atoms with van der Waals surface area (Å²) in [5.41, 5.74) is 7.36. The summed E-state index contributed by atoms with van der Waals surface area (Å²) in [7, 11) is 3.34. The Bertz CT molecular complexity index is 391. The summed E-state index contributed by atoms with van der Waals surface area (Å²) < 4.78 is 10.6. The summed E-state index contributed by atoms with van der Waals surface area (Å²) in [6, 6.07) is 6.24. The smallest absolute Gasteiger partial charge is 0.161 e. The van der Waals surface area contributed by atoms with E-state index in [1.54, 1.807) is 14.2 Å². The molecule has 0 unspecified atom stereocenters. The fourth-order valence-electron chi connectivity index (χ4n) is 2.73. The molecule has 18 heavy (non-hydrogen) atoms. The number of halogens is 1. The van der Waals surface area contributed by atoms with Crippen molar-refractivity contribution in [3.05, 3.63) is 23.8 Å². The maximum Gasteiger partial charge on any atom is 0.161 e. The zero-order chi connectivity index (χ0) is 12.3. The largest absolute Gasteiger partial charge is 0.493 e. The predicted octanol–water partition coefficient (Wildman–Crippen LogP) is 2.90. The lowest BCUT2D eigenvalue weighted by atomic mass is 9.62. The maximum absolute atomic E-state index is 5.73. The summed E-state index contributed by atoms with van der Waals surface area (Å²) in [5.74, 6) is 1.60. The van der Waals surface area contributed by atoms with Crippen LogP contribution in [0.5, 0.6) is 11.5 Å². The Morgan fingerprint density at radius 2 is 1.83 bits per heavy atom. The van der Waals surface area contributed by atoms with Gasteiger partial charge in [0.2, 0.25) is 0 Å². The van der Waals surface area contributed by atoms with E-state index >= 15 is 0 Å². The first-order valence-corrected chi connectivity index (χ1v) is 6.18. The lowest BCUT2D eigenvalue weighted by Crippen LogP contribution is -2.36. The molecule has 0 spiro atoms. The van der Waals surface area contributed by atoms with Crippen molar-refractivity contribution in [2.75, 3.05) is 20.8 Å². The average molecular weight is 272 g/mol. The van der Waals surface area contributed by atoms with Gasteiger partial charge in [-0.2, -0.15) is 0 Å². The van der Waals surface area contributed by atoms with Crippen LogP contribution in [0.4, 0.5) is 0 Å². The third-order valence-electron chi connectivity index (χ3n) is 3.93. The van der Waals surface area contributed by atoms with Crippen molar-refractivity contribution in [2.24, 2.45) is 5.73 Å². The summed E-state index contributed by atoms with van der Waals surface area (Å²) >= 11 is 0. The molecule has 1 aliphatic carbocycles. The highest BCUT2D eigenvalue weighted by Gasteiger charge is 2.38. The lowest BCUT2D eigenvalue weighted by Gasteiger charge is -2.42. The van der Waals surface area contributed by atoms with Crippen molar-refractivity contribution in [1.82, 2.24) is 0 Å². The van der Waals surface area contributed by atoms with Crippen LogP contribution in [0, 0.1) is 0 Å². The number of nitrogens with two attached hydrogens (primary N) is 1. The number of hydrogen-bond donors (Lipinski definition) is 1. The van der Waals surface area contributed by atoms with Crippen LogP contribution in [0.2, 0.25) is 0 Å². The first-order chi connectivity index (χ1) is 8.25. The molecule has 102 valence electrons. The zero-order valence-electron chi connectivity index (χ0n) is 11.1. The quantitative estimate of drug-likeness (QED) is 0.896. The van der Waals surface area contributed by atoms with Crippen LogP contribution in [-0.4, -0.2) is 20.8 Å². The van der Waals surface area contributed by atoms with E-state index in [4.69, 9.17) is 15.2 Å². The minimum absolute atomic E-state index is 0. The Kier molecular flexibility index (Phi) is 5.29. The third kappa shape index (κ3) is 2.57. The van der Waals surface area contributed by atoms with Crippen LogP contribution in [-0.2, 0) is 5.41 Å². The SMILES string of the molecule is COc1ccc(C2(CCN)CCC2)cc1OC.Cl. The molecule has 2 rings (SSSR count). The highest BCUT2D eigenvalue weighted by molar-refractivity contribution is 5.85. The van der Waals surface area contributed by atoms with Gasteiger partial charge in [0.25, 0.3) is 0 Å². The van der Waals surface area contributed by atoms with Crippen molar-refractivity contribution in [1.29, 1.82) is 0 Å². The molecular formula is C14H22ClNO2. The van der Waals surface area contributed by atoms with Gasteiger partial charge < -0.3 is 15.2 Å². The lowest BCUT2D eigenvalue weighted by molar-refractivity contribution is 0.228. The molecule has 2 N–H and O–H groups in total. The van der Waals surface area contributed by atoms with Gasteiger partial charge in [0.05, 0.1) is 14.2 Å². The Morgan fingerprint density at radius 1 is 1.17 bits per heavy atom. The monoisotopic (exact) mass is 271 g/mol. The number of methoxy groups -OCH3 is 2. The van der Waals surface area contributed by atoms with Gasteiger partial charge >= 0.3 is 0 Å². The second kappa shape index (κ2) is 6.30. The molecule has 1 fully saturated rings. The summed E-state index contributed by atoms with van der Waals surface area (Å²) in [6.45, 7) is 0.744. The van der Waals surface area contributed by atoms with E-state index < -0.39 is 0 Å². The second-order valence-electron chi connectivity index (χ2n) is 4.74.